The molecule has 9 heteroatoms. The van der Waals surface area contributed by atoms with Gasteiger partial charge in [-0.3, -0.25) is 0 Å². The number of rotatable bonds is 8. The molecule has 2 aromatic heterocycles. The molecule has 0 amide bonds. The molecule has 0 spiro atoms. The van der Waals surface area contributed by atoms with Crippen molar-refractivity contribution in [3.8, 4) is 23.2 Å². The van der Waals surface area contributed by atoms with Crippen molar-refractivity contribution >= 4 is 17.0 Å². The van der Waals surface area contributed by atoms with Gasteiger partial charge in [-0.15, -0.1) is 0 Å². The predicted octanol–water partition coefficient (Wildman–Crippen LogP) is 6.22. The zero-order valence-electron chi connectivity index (χ0n) is 21.8. The summed E-state index contributed by atoms with van der Waals surface area (Å²) < 4.78 is 41.9. The highest BCUT2D eigenvalue weighted by molar-refractivity contribution is 5.93. The molecule has 200 valence electrons. The summed E-state index contributed by atoms with van der Waals surface area (Å²) in [6.07, 6.45) is 0.259. The van der Waals surface area contributed by atoms with E-state index in [0.29, 0.717) is 45.8 Å². The van der Waals surface area contributed by atoms with Crippen LogP contribution in [-0.4, -0.2) is 27.6 Å². The van der Waals surface area contributed by atoms with Gasteiger partial charge in [-0.05, 0) is 55.0 Å². The summed E-state index contributed by atoms with van der Waals surface area (Å²) in [6, 6.07) is 21.2. The van der Waals surface area contributed by atoms with Gasteiger partial charge in [0.2, 0.25) is 5.88 Å². The van der Waals surface area contributed by atoms with Crippen LogP contribution in [0.25, 0.3) is 22.3 Å². The Morgan fingerprint density at radius 2 is 1.77 bits per heavy atom. The molecular formula is C31H24F2N4O3. The van der Waals surface area contributed by atoms with Crippen LogP contribution in [0.15, 0.2) is 72.8 Å². The molecule has 0 unspecified atom stereocenters. The van der Waals surface area contributed by atoms with Gasteiger partial charge in [-0.1, -0.05) is 24.3 Å². The van der Waals surface area contributed by atoms with Crippen molar-refractivity contribution in [2.24, 2.45) is 0 Å². The average Bonchev–Trinajstić information content (AvgIpc) is 3.33. The topological polar surface area (TPSA) is 90.0 Å². The average molecular weight is 539 g/mol. The van der Waals surface area contributed by atoms with Crippen LogP contribution in [0, 0.1) is 23.0 Å². The number of aryl methyl sites for hydroxylation is 1. The Labute approximate surface area is 229 Å². The van der Waals surface area contributed by atoms with E-state index in [1.807, 2.05) is 17.6 Å². The van der Waals surface area contributed by atoms with Crippen LogP contribution in [0.4, 0.5) is 8.78 Å². The number of fused-ring (bicyclic) bond motifs is 1. The van der Waals surface area contributed by atoms with Gasteiger partial charge in [-0.25, -0.2) is 23.5 Å². The summed E-state index contributed by atoms with van der Waals surface area (Å²) >= 11 is 0. The molecule has 0 bridgehead atoms. The Morgan fingerprint density at radius 3 is 2.50 bits per heavy atom. The monoisotopic (exact) mass is 538 g/mol. The molecule has 0 aliphatic heterocycles. The lowest BCUT2D eigenvalue weighted by Gasteiger charge is -2.10. The zero-order chi connectivity index (χ0) is 28.2. The summed E-state index contributed by atoms with van der Waals surface area (Å²) in [5.74, 6) is -0.439. The normalized spacial score (nSPS) is 10.9. The third-order valence-electron chi connectivity index (χ3n) is 6.54. The van der Waals surface area contributed by atoms with Gasteiger partial charge >= 0.3 is 5.97 Å². The first-order valence-electron chi connectivity index (χ1n) is 12.5. The second kappa shape index (κ2) is 11.3. The lowest BCUT2D eigenvalue weighted by atomic mass is 10.1. The molecule has 0 aliphatic rings. The van der Waals surface area contributed by atoms with Gasteiger partial charge in [0.15, 0.2) is 0 Å². The van der Waals surface area contributed by atoms with E-state index in [4.69, 9.17) is 14.7 Å². The minimum atomic E-state index is -0.534. The number of nitrogens with zero attached hydrogens (tertiary/aromatic N) is 4. The first-order valence-corrected chi connectivity index (χ1v) is 12.5. The van der Waals surface area contributed by atoms with E-state index in [1.54, 1.807) is 48.5 Å². The van der Waals surface area contributed by atoms with Crippen LogP contribution in [-0.2, 0) is 24.3 Å². The maximum atomic E-state index is 15.3. The van der Waals surface area contributed by atoms with Crippen molar-refractivity contribution in [1.29, 1.82) is 5.26 Å². The Kier molecular flexibility index (Phi) is 7.51. The number of imidazole rings is 1. The Morgan fingerprint density at radius 1 is 0.975 bits per heavy atom. The highest BCUT2D eigenvalue weighted by Crippen LogP contribution is 2.26. The van der Waals surface area contributed by atoms with Gasteiger partial charge in [0.25, 0.3) is 0 Å². The number of methoxy groups -OCH3 is 1. The number of benzene rings is 3. The molecule has 2 heterocycles. The summed E-state index contributed by atoms with van der Waals surface area (Å²) in [7, 11) is 1.33. The number of halogens is 2. The van der Waals surface area contributed by atoms with E-state index < -0.39 is 17.6 Å². The van der Waals surface area contributed by atoms with E-state index >= 15 is 4.39 Å². The molecule has 0 radical (unpaired) electrons. The standard InChI is InChI=1S/C31H24F2N4O3/c1-3-37-28-15-22(31(38)39-2)11-12-27(28)35-29(37)16-20-9-10-21(14-25(20)33)26-5-4-6-30(36-26)40-18-23-8-7-19(17-34)13-24(23)32/h4-15H,3,16,18H2,1-2H3. The van der Waals surface area contributed by atoms with Crippen molar-refractivity contribution in [1.82, 2.24) is 14.5 Å². The van der Waals surface area contributed by atoms with Gasteiger partial charge in [0.1, 0.15) is 24.1 Å². The second-order valence-electron chi connectivity index (χ2n) is 9.02. The fourth-order valence-electron chi connectivity index (χ4n) is 4.47. The molecule has 0 aliphatic carbocycles. The van der Waals surface area contributed by atoms with E-state index in [1.165, 1.54) is 25.3 Å². The van der Waals surface area contributed by atoms with Gasteiger partial charge in [0.05, 0.1) is 41.0 Å². The Hall–Kier alpha value is -5.10. The zero-order valence-corrected chi connectivity index (χ0v) is 21.8. The number of hydrogen-bond donors (Lipinski definition) is 0. The number of esters is 1. The van der Waals surface area contributed by atoms with Crippen LogP contribution >= 0.6 is 0 Å². The molecule has 0 fully saturated rings. The lowest BCUT2D eigenvalue weighted by molar-refractivity contribution is 0.0601. The highest BCUT2D eigenvalue weighted by atomic mass is 19.1. The highest BCUT2D eigenvalue weighted by Gasteiger charge is 2.16. The number of ether oxygens (including phenoxy) is 2. The molecular weight excluding hydrogens is 514 g/mol. The number of aromatic nitrogens is 3. The van der Waals surface area contributed by atoms with Crippen molar-refractivity contribution in [3.05, 3.63) is 113 Å². The second-order valence-corrected chi connectivity index (χ2v) is 9.02. The summed E-state index contributed by atoms with van der Waals surface area (Å²) in [6.45, 7) is 2.49. The van der Waals surface area contributed by atoms with E-state index in [9.17, 15) is 9.18 Å². The van der Waals surface area contributed by atoms with E-state index in [2.05, 4.69) is 9.97 Å². The Bertz CT molecular complexity index is 1780. The summed E-state index contributed by atoms with van der Waals surface area (Å²) in [5.41, 5.74) is 3.95. The first kappa shape index (κ1) is 26.5. The quantitative estimate of drug-likeness (QED) is 0.218. The van der Waals surface area contributed by atoms with E-state index in [0.717, 1.165) is 11.6 Å². The molecule has 3 aromatic carbocycles. The Balaban J connectivity index is 1.35. The SMILES string of the molecule is CCn1c(Cc2ccc(-c3cccc(OCc4ccc(C#N)cc4F)n3)cc2F)nc2ccc(C(=O)OC)cc21. The summed E-state index contributed by atoms with van der Waals surface area (Å²) in [5, 5.41) is 8.89. The number of nitriles is 1. The molecule has 5 aromatic rings. The molecule has 40 heavy (non-hydrogen) atoms. The van der Waals surface area contributed by atoms with Crippen LogP contribution in [0.3, 0.4) is 0 Å². The number of hydrogen-bond acceptors (Lipinski definition) is 6. The van der Waals surface area contributed by atoms with Crippen molar-refractivity contribution < 1.29 is 23.0 Å². The van der Waals surface area contributed by atoms with Gasteiger partial charge in [-0.2, -0.15) is 5.26 Å². The van der Waals surface area contributed by atoms with Crippen LogP contribution in [0.5, 0.6) is 5.88 Å². The van der Waals surface area contributed by atoms with E-state index in [-0.39, 0.29) is 24.5 Å². The molecule has 7 nitrogen and oxygen atoms in total. The maximum Gasteiger partial charge on any atom is 0.337 e. The third kappa shape index (κ3) is 5.38. The largest absolute Gasteiger partial charge is 0.473 e. The smallest absolute Gasteiger partial charge is 0.337 e. The van der Waals surface area contributed by atoms with Gasteiger partial charge < -0.3 is 14.0 Å². The van der Waals surface area contributed by atoms with Crippen LogP contribution in [0.2, 0.25) is 0 Å². The minimum absolute atomic E-state index is 0.0686. The van der Waals surface area contributed by atoms with Crippen molar-refractivity contribution in [2.45, 2.75) is 26.5 Å². The van der Waals surface area contributed by atoms with Crippen LogP contribution in [0.1, 0.15) is 39.8 Å². The lowest BCUT2D eigenvalue weighted by Crippen LogP contribution is -2.05. The first-order chi connectivity index (χ1) is 19.4. The number of pyridine rings is 1. The fraction of sp³-hybridized carbons (Fsp3) is 0.161. The summed E-state index contributed by atoms with van der Waals surface area (Å²) in [4.78, 5) is 21.1. The van der Waals surface area contributed by atoms with Crippen molar-refractivity contribution in [2.75, 3.05) is 7.11 Å². The number of carbonyl (C=O) groups excluding carboxylic acids is 1. The van der Waals surface area contributed by atoms with Crippen LogP contribution < -0.4 is 4.74 Å². The fourth-order valence-corrected chi connectivity index (χ4v) is 4.47. The molecule has 0 saturated heterocycles. The molecule has 0 saturated carbocycles. The predicted molar refractivity (Wildman–Crippen MR) is 145 cm³/mol. The molecule has 0 N–H and O–H groups in total. The minimum Gasteiger partial charge on any atom is -0.473 e. The number of carbonyl (C=O) groups is 1. The molecule has 0 atom stereocenters. The third-order valence-corrected chi connectivity index (χ3v) is 6.54. The molecule has 5 rings (SSSR count). The van der Waals surface area contributed by atoms with Gasteiger partial charge in [0, 0.05) is 30.2 Å². The maximum absolute atomic E-state index is 15.3. The van der Waals surface area contributed by atoms with Crippen molar-refractivity contribution in [3.63, 3.8) is 0 Å².